The van der Waals surface area contributed by atoms with Gasteiger partial charge in [0.15, 0.2) is 0 Å². The molecule has 0 saturated carbocycles. The minimum absolute atomic E-state index is 0.236. The number of hydrogen-bond donors (Lipinski definition) is 1. The molecule has 0 amide bonds. The zero-order valence-electron chi connectivity index (χ0n) is 10.3. The van der Waals surface area contributed by atoms with Crippen molar-refractivity contribution in [3.05, 3.63) is 54.1 Å². The van der Waals surface area contributed by atoms with Gasteiger partial charge < -0.3 is 5.32 Å². The lowest BCUT2D eigenvalue weighted by molar-refractivity contribution is 0.586. The Morgan fingerprint density at radius 3 is 2.47 bits per heavy atom. The highest BCUT2D eigenvalue weighted by atomic mass is 14.9. The zero-order chi connectivity index (χ0) is 11.9. The number of hydrogen-bond acceptors (Lipinski definition) is 1. The molecule has 0 aliphatic carbocycles. The SMILES string of the molecule is CC1(C)CNc2c(-c3ccccc3)cccc21. The number of nitrogens with one attached hydrogen (secondary N) is 1. The fourth-order valence-corrected chi connectivity index (χ4v) is 2.57. The Bertz CT molecular complexity index is 541. The van der Waals surface area contributed by atoms with E-state index in [1.165, 1.54) is 22.4 Å². The van der Waals surface area contributed by atoms with Crippen LogP contribution in [0.2, 0.25) is 0 Å². The molecule has 1 heterocycles. The van der Waals surface area contributed by atoms with Gasteiger partial charge >= 0.3 is 0 Å². The summed E-state index contributed by atoms with van der Waals surface area (Å²) in [7, 11) is 0. The van der Waals surface area contributed by atoms with Crippen molar-refractivity contribution in [1.29, 1.82) is 0 Å². The second-order valence-corrected chi connectivity index (χ2v) is 5.33. The Labute approximate surface area is 102 Å². The van der Waals surface area contributed by atoms with Gasteiger partial charge in [-0.15, -0.1) is 0 Å². The zero-order valence-corrected chi connectivity index (χ0v) is 10.3. The molecule has 0 fully saturated rings. The van der Waals surface area contributed by atoms with E-state index in [0.29, 0.717) is 0 Å². The normalized spacial score (nSPS) is 16.4. The molecule has 1 nitrogen and oxygen atoms in total. The number of rotatable bonds is 1. The van der Waals surface area contributed by atoms with Crippen LogP contribution in [0.4, 0.5) is 5.69 Å². The third-order valence-electron chi connectivity index (χ3n) is 3.59. The summed E-state index contributed by atoms with van der Waals surface area (Å²) in [6, 6.07) is 17.2. The summed E-state index contributed by atoms with van der Waals surface area (Å²) in [5.41, 5.74) is 5.57. The molecule has 2 aromatic carbocycles. The Morgan fingerprint density at radius 2 is 1.71 bits per heavy atom. The fourth-order valence-electron chi connectivity index (χ4n) is 2.57. The number of anilines is 1. The van der Waals surface area contributed by atoms with Crippen molar-refractivity contribution < 1.29 is 0 Å². The molecule has 0 bridgehead atoms. The van der Waals surface area contributed by atoms with E-state index >= 15 is 0 Å². The van der Waals surface area contributed by atoms with Crippen molar-refractivity contribution in [3.8, 4) is 11.1 Å². The lowest BCUT2D eigenvalue weighted by Crippen LogP contribution is -2.18. The number of benzene rings is 2. The molecular weight excluding hydrogens is 206 g/mol. The van der Waals surface area contributed by atoms with Gasteiger partial charge in [0.1, 0.15) is 0 Å². The lowest BCUT2D eigenvalue weighted by Gasteiger charge is -2.17. The van der Waals surface area contributed by atoms with Crippen molar-refractivity contribution in [2.45, 2.75) is 19.3 Å². The van der Waals surface area contributed by atoms with E-state index in [2.05, 4.69) is 67.7 Å². The quantitative estimate of drug-likeness (QED) is 0.768. The highest BCUT2D eigenvalue weighted by Crippen LogP contribution is 2.41. The molecule has 86 valence electrons. The standard InChI is InChI=1S/C16H17N/c1-16(2)11-17-15-13(9-6-10-14(15)16)12-7-4-3-5-8-12/h3-10,17H,11H2,1-2H3. The first-order chi connectivity index (χ1) is 8.18. The summed E-state index contributed by atoms with van der Waals surface area (Å²) in [6.45, 7) is 5.60. The molecule has 17 heavy (non-hydrogen) atoms. The van der Waals surface area contributed by atoms with E-state index in [9.17, 15) is 0 Å². The van der Waals surface area contributed by atoms with Crippen LogP contribution in [0, 0.1) is 0 Å². The van der Waals surface area contributed by atoms with Crippen molar-refractivity contribution in [2.24, 2.45) is 0 Å². The summed E-state index contributed by atoms with van der Waals surface area (Å²) in [5, 5.41) is 3.56. The molecule has 0 unspecified atom stereocenters. The summed E-state index contributed by atoms with van der Waals surface area (Å²) >= 11 is 0. The van der Waals surface area contributed by atoms with E-state index < -0.39 is 0 Å². The Balaban J connectivity index is 2.19. The van der Waals surface area contributed by atoms with Gasteiger partial charge in [0, 0.05) is 23.2 Å². The first kappa shape index (κ1) is 10.4. The third-order valence-corrected chi connectivity index (χ3v) is 3.59. The van der Waals surface area contributed by atoms with Crippen LogP contribution in [0.5, 0.6) is 0 Å². The first-order valence-corrected chi connectivity index (χ1v) is 6.11. The molecule has 2 aromatic rings. The van der Waals surface area contributed by atoms with E-state index in [-0.39, 0.29) is 5.41 Å². The fraction of sp³-hybridized carbons (Fsp3) is 0.250. The van der Waals surface area contributed by atoms with Crippen molar-refractivity contribution >= 4 is 5.69 Å². The third kappa shape index (κ3) is 1.62. The second kappa shape index (κ2) is 3.63. The van der Waals surface area contributed by atoms with Gasteiger partial charge in [0.05, 0.1) is 0 Å². The van der Waals surface area contributed by atoms with Crippen LogP contribution >= 0.6 is 0 Å². The van der Waals surface area contributed by atoms with Gasteiger partial charge in [-0.25, -0.2) is 0 Å². The van der Waals surface area contributed by atoms with E-state index in [4.69, 9.17) is 0 Å². The topological polar surface area (TPSA) is 12.0 Å². The lowest BCUT2D eigenvalue weighted by atomic mass is 9.85. The van der Waals surface area contributed by atoms with Crippen LogP contribution in [0.3, 0.4) is 0 Å². The minimum Gasteiger partial charge on any atom is -0.383 e. The molecule has 1 aliphatic rings. The maximum absolute atomic E-state index is 3.56. The maximum Gasteiger partial charge on any atom is 0.0458 e. The van der Waals surface area contributed by atoms with Crippen LogP contribution in [-0.2, 0) is 5.41 Å². The van der Waals surface area contributed by atoms with Crippen LogP contribution in [0.25, 0.3) is 11.1 Å². The van der Waals surface area contributed by atoms with Gasteiger partial charge in [-0.2, -0.15) is 0 Å². The second-order valence-electron chi connectivity index (χ2n) is 5.33. The molecule has 0 aromatic heterocycles. The van der Waals surface area contributed by atoms with Crippen molar-refractivity contribution in [1.82, 2.24) is 0 Å². The highest BCUT2D eigenvalue weighted by Gasteiger charge is 2.30. The van der Waals surface area contributed by atoms with Crippen LogP contribution in [0.15, 0.2) is 48.5 Å². The van der Waals surface area contributed by atoms with Gasteiger partial charge in [-0.1, -0.05) is 62.4 Å². The highest BCUT2D eigenvalue weighted by molar-refractivity contribution is 5.82. The van der Waals surface area contributed by atoms with E-state index in [0.717, 1.165) is 6.54 Å². The average Bonchev–Trinajstić information content (AvgIpc) is 2.67. The Morgan fingerprint density at radius 1 is 0.941 bits per heavy atom. The Hall–Kier alpha value is -1.76. The molecular formula is C16H17N. The number of para-hydroxylation sites is 1. The summed E-state index contributed by atoms with van der Waals surface area (Å²) in [4.78, 5) is 0. The smallest absolute Gasteiger partial charge is 0.0458 e. The Kier molecular flexibility index (Phi) is 2.22. The monoisotopic (exact) mass is 223 g/mol. The predicted octanol–water partition coefficient (Wildman–Crippen LogP) is 4.06. The van der Waals surface area contributed by atoms with Crippen molar-refractivity contribution in [2.75, 3.05) is 11.9 Å². The van der Waals surface area contributed by atoms with Gasteiger partial charge in [-0.3, -0.25) is 0 Å². The van der Waals surface area contributed by atoms with Gasteiger partial charge in [-0.05, 0) is 11.1 Å². The summed E-state index contributed by atoms with van der Waals surface area (Å²) < 4.78 is 0. The van der Waals surface area contributed by atoms with E-state index in [1.807, 2.05) is 0 Å². The van der Waals surface area contributed by atoms with Crippen LogP contribution in [-0.4, -0.2) is 6.54 Å². The minimum atomic E-state index is 0.236. The molecule has 1 aliphatic heterocycles. The summed E-state index contributed by atoms with van der Waals surface area (Å²) in [6.07, 6.45) is 0. The largest absolute Gasteiger partial charge is 0.383 e. The predicted molar refractivity (Wildman–Crippen MR) is 73.4 cm³/mol. The maximum atomic E-state index is 3.56. The molecule has 0 saturated heterocycles. The molecule has 0 radical (unpaired) electrons. The average molecular weight is 223 g/mol. The van der Waals surface area contributed by atoms with Gasteiger partial charge in [0.2, 0.25) is 0 Å². The van der Waals surface area contributed by atoms with Crippen molar-refractivity contribution in [3.63, 3.8) is 0 Å². The molecule has 1 N–H and O–H groups in total. The van der Waals surface area contributed by atoms with Crippen LogP contribution in [0.1, 0.15) is 19.4 Å². The van der Waals surface area contributed by atoms with E-state index in [1.54, 1.807) is 0 Å². The summed E-state index contributed by atoms with van der Waals surface area (Å²) in [5.74, 6) is 0. The molecule has 0 spiro atoms. The first-order valence-electron chi connectivity index (χ1n) is 6.11. The van der Waals surface area contributed by atoms with Gasteiger partial charge in [0.25, 0.3) is 0 Å². The number of fused-ring (bicyclic) bond motifs is 1. The molecule has 0 atom stereocenters. The molecule has 3 rings (SSSR count). The van der Waals surface area contributed by atoms with Crippen LogP contribution < -0.4 is 5.32 Å². The molecule has 1 heteroatoms.